The average molecular weight is 372 g/mol. The maximum Gasteiger partial charge on any atom is 0.181 e. The molecule has 2 aromatic carbocycles. The SMILES string of the molecule is CNC(C(C)=O)c1cccc(-c2cnc3n[nH]c(-c4ccccc4O)c3c2)c1. The summed E-state index contributed by atoms with van der Waals surface area (Å²) in [7, 11) is 1.77. The van der Waals surface area contributed by atoms with Crippen LogP contribution in [0.2, 0.25) is 0 Å². The van der Waals surface area contributed by atoms with Gasteiger partial charge in [0.05, 0.1) is 11.7 Å². The Morgan fingerprint density at radius 3 is 2.68 bits per heavy atom. The molecule has 4 rings (SSSR count). The Bertz CT molecular complexity index is 1170. The van der Waals surface area contributed by atoms with Gasteiger partial charge in [-0.3, -0.25) is 9.89 Å². The molecular weight excluding hydrogens is 352 g/mol. The van der Waals surface area contributed by atoms with Crippen LogP contribution in [-0.2, 0) is 4.79 Å². The zero-order valence-electron chi connectivity index (χ0n) is 15.6. The van der Waals surface area contributed by atoms with Gasteiger partial charge in [-0.1, -0.05) is 30.3 Å². The van der Waals surface area contributed by atoms with E-state index in [2.05, 4.69) is 20.5 Å². The maximum absolute atomic E-state index is 11.9. The lowest BCUT2D eigenvalue weighted by Gasteiger charge is -2.14. The lowest BCUT2D eigenvalue weighted by Crippen LogP contribution is -2.23. The Hall–Kier alpha value is -3.51. The van der Waals surface area contributed by atoms with Crippen LogP contribution in [0.4, 0.5) is 0 Å². The fourth-order valence-electron chi connectivity index (χ4n) is 3.45. The molecule has 28 heavy (non-hydrogen) atoms. The predicted octanol–water partition coefficient (Wildman–Crippen LogP) is 3.85. The van der Waals surface area contributed by atoms with Crippen LogP contribution in [0.1, 0.15) is 18.5 Å². The number of likely N-dealkylation sites (N-methyl/N-ethyl adjacent to an activating group) is 1. The third-order valence-electron chi connectivity index (χ3n) is 4.83. The molecule has 6 nitrogen and oxygen atoms in total. The first-order valence-corrected chi connectivity index (χ1v) is 8.99. The van der Waals surface area contributed by atoms with Gasteiger partial charge in [0.15, 0.2) is 11.4 Å². The summed E-state index contributed by atoms with van der Waals surface area (Å²) in [6, 6.07) is 16.6. The number of hydrogen-bond donors (Lipinski definition) is 3. The molecular formula is C22H20N4O2. The Labute approximate surface area is 162 Å². The summed E-state index contributed by atoms with van der Waals surface area (Å²) in [6.07, 6.45) is 1.76. The number of hydrogen-bond acceptors (Lipinski definition) is 5. The first kappa shape index (κ1) is 17.9. The highest BCUT2D eigenvalue weighted by Gasteiger charge is 2.16. The number of carbonyl (C=O) groups is 1. The van der Waals surface area contributed by atoms with Crippen LogP contribution in [0.5, 0.6) is 5.75 Å². The molecule has 0 bridgehead atoms. The molecule has 0 radical (unpaired) electrons. The Balaban J connectivity index is 1.82. The number of rotatable bonds is 5. The molecule has 1 atom stereocenters. The van der Waals surface area contributed by atoms with Gasteiger partial charge in [-0.05, 0) is 49.4 Å². The van der Waals surface area contributed by atoms with Gasteiger partial charge in [0.2, 0.25) is 0 Å². The number of phenolic OH excluding ortho intramolecular Hbond substituents is 1. The van der Waals surface area contributed by atoms with Crippen LogP contribution in [0, 0.1) is 0 Å². The second-order valence-electron chi connectivity index (χ2n) is 6.67. The molecule has 0 saturated carbocycles. The second-order valence-corrected chi connectivity index (χ2v) is 6.67. The van der Waals surface area contributed by atoms with Crippen molar-refractivity contribution in [2.45, 2.75) is 13.0 Å². The second kappa shape index (κ2) is 7.25. The van der Waals surface area contributed by atoms with Gasteiger partial charge in [-0.25, -0.2) is 4.98 Å². The Kier molecular flexibility index (Phi) is 4.63. The molecule has 0 fully saturated rings. The quantitative estimate of drug-likeness (QED) is 0.495. The van der Waals surface area contributed by atoms with Gasteiger partial charge in [-0.2, -0.15) is 5.10 Å². The van der Waals surface area contributed by atoms with E-state index < -0.39 is 0 Å². The summed E-state index contributed by atoms with van der Waals surface area (Å²) in [5.41, 5.74) is 4.74. The largest absolute Gasteiger partial charge is 0.507 e. The highest BCUT2D eigenvalue weighted by Crippen LogP contribution is 2.34. The van der Waals surface area contributed by atoms with Crippen molar-refractivity contribution >= 4 is 16.8 Å². The van der Waals surface area contributed by atoms with Gasteiger partial charge in [-0.15, -0.1) is 0 Å². The standard InChI is InChI=1S/C22H20N4O2/c1-13(27)20(23-2)15-7-5-6-14(10-15)16-11-18-21(25-26-22(18)24-12-16)17-8-3-4-9-19(17)28/h3-12,20,23,28H,1-2H3,(H,24,25,26). The molecule has 140 valence electrons. The van der Waals surface area contributed by atoms with Gasteiger partial charge >= 0.3 is 0 Å². The number of pyridine rings is 1. The Morgan fingerprint density at radius 2 is 1.93 bits per heavy atom. The minimum Gasteiger partial charge on any atom is -0.507 e. The van der Waals surface area contributed by atoms with Crippen molar-refractivity contribution in [3.8, 4) is 28.1 Å². The lowest BCUT2D eigenvalue weighted by atomic mass is 9.97. The first-order valence-electron chi connectivity index (χ1n) is 8.99. The van der Waals surface area contributed by atoms with Crippen LogP contribution in [-0.4, -0.2) is 33.1 Å². The number of para-hydroxylation sites is 1. The van der Waals surface area contributed by atoms with Gasteiger partial charge in [0.25, 0.3) is 0 Å². The lowest BCUT2D eigenvalue weighted by molar-refractivity contribution is -0.119. The summed E-state index contributed by atoms with van der Waals surface area (Å²) in [5, 5.41) is 21.3. The summed E-state index contributed by atoms with van der Waals surface area (Å²) >= 11 is 0. The predicted molar refractivity (Wildman–Crippen MR) is 109 cm³/mol. The molecule has 2 heterocycles. The van der Waals surface area contributed by atoms with Crippen molar-refractivity contribution in [3.05, 3.63) is 66.4 Å². The highest BCUT2D eigenvalue weighted by atomic mass is 16.3. The summed E-state index contributed by atoms with van der Waals surface area (Å²) in [4.78, 5) is 16.3. The monoisotopic (exact) mass is 372 g/mol. The van der Waals surface area contributed by atoms with Gasteiger partial charge in [0, 0.05) is 22.7 Å². The number of aromatic amines is 1. The third-order valence-corrected chi connectivity index (χ3v) is 4.83. The summed E-state index contributed by atoms with van der Waals surface area (Å²) in [6.45, 7) is 1.57. The van der Waals surface area contributed by atoms with Crippen molar-refractivity contribution in [1.29, 1.82) is 0 Å². The van der Waals surface area contributed by atoms with Crippen LogP contribution in [0.15, 0.2) is 60.8 Å². The number of H-pyrrole nitrogens is 1. The van der Waals surface area contributed by atoms with E-state index in [0.717, 1.165) is 27.8 Å². The van der Waals surface area contributed by atoms with E-state index in [9.17, 15) is 9.90 Å². The van der Waals surface area contributed by atoms with Crippen molar-refractivity contribution in [1.82, 2.24) is 20.5 Å². The number of phenols is 1. The van der Waals surface area contributed by atoms with Crippen LogP contribution in [0.25, 0.3) is 33.4 Å². The fraction of sp³-hybridized carbons (Fsp3) is 0.136. The molecule has 0 amide bonds. The summed E-state index contributed by atoms with van der Waals surface area (Å²) < 4.78 is 0. The number of aromatic hydroxyl groups is 1. The molecule has 1 unspecified atom stereocenters. The normalized spacial score (nSPS) is 12.2. The number of benzene rings is 2. The number of aromatic nitrogens is 3. The molecule has 0 spiro atoms. The molecule has 0 aliphatic rings. The number of carbonyl (C=O) groups excluding carboxylic acids is 1. The molecule has 3 N–H and O–H groups in total. The topological polar surface area (TPSA) is 90.9 Å². The molecule has 0 aliphatic heterocycles. The van der Waals surface area contributed by atoms with Gasteiger partial charge < -0.3 is 10.4 Å². The molecule has 2 aromatic heterocycles. The van der Waals surface area contributed by atoms with E-state index in [-0.39, 0.29) is 17.6 Å². The molecule has 4 aromatic rings. The summed E-state index contributed by atoms with van der Waals surface area (Å²) in [5.74, 6) is 0.240. The highest BCUT2D eigenvalue weighted by molar-refractivity contribution is 5.94. The number of ketones is 1. The van der Waals surface area contributed by atoms with E-state index in [1.54, 1.807) is 32.3 Å². The van der Waals surface area contributed by atoms with E-state index >= 15 is 0 Å². The minimum atomic E-state index is -0.345. The van der Waals surface area contributed by atoms with Crippen LogP contribution < -0.4 is 5.32 Å². The molecule has 6 heteroatoms. The fourth-order valence-corrected chi connectivity index (χ4v) is 3.45. The minimum absolute atomic E-state index is 0.0601. The van der Waals surface area contributed by atoms with Crippen LogP contribution in [0.3, 0.4) is 0 Å². The van der Waals surface area contributed by atoms with Crippen LogP contribution >= 0.6 is 0 Å². The third kappa shape index (κ3) is 3.14. The first-order chi connectivity index (χ1) is 13.6. The molecule has 0 saturated heterocycles. The van der Waals surface area contributed by atoms with Gasteiger partial charge in [0.1, 0.15) is 5.75 Å². The number of nitrogens with zero attached hydrogens (tertiary/aromatic N) is 2. The van der Waals surface area contributed by atoms with Crippen molar-refractivity contribution in [3.63, 3.8) is 0 Å². The maximum atomic E-state index is 11.9. The van der Waals surface area contributed by atoms with E-state index in [0.29, 0.717) is 11.2 Å². The van der Waals surface area contributed by atoms with Crippen molar-refractivity contribution < 1.29 is 9.90 Å². The van der Waals surface area contributed by atoms with E-state index in [4.69, 9.17) is 0 Å². The zero-order chi connectivity index (χ0) is 19.7. The molecule has 0 aliphatic carbocycles. The van der Waals surface area contributed by atoms with E-state index in [1.165, 1.54) is 0 Å². The Morgan fingerprint density at radius 1 is 1.11 bits per heavy atom. The van der Waals surface area contributed by atoms with E-state index in [1.807, 2.05) is 42.5 Å². The smallest absolute Gasteiger partial charge is 0.181 e. The zero-order valence-corrected chi connectivity index (χ0v) is 15.6. The average Bonchev–Trinajstić information content (AvgIpc) is 3.12. The van der Waals surface area contributed by atoms with Crippen molar-refractivity contribution in [2.24, 2.45) is 0 Å². The van der Waals surface area contributed by atoms with Crippen molar-refractivity contribution in [2.75, 3.05) is 7.05 Å². The number of Topliss-reactive ketones (excluding diaryl/α,β-unsaturated/α-hetero) is 1. The number of nitrogens with one attached hydrogen (secondary N) is 2. The number of fused-ring (bicyclic) bond motifs is 1.